The van der Waals surface area contributed by atoms with E-state index in [2.05, 4.69) is 19.2 Å². The van der Waals surface area contributed by atoms with Crippen LogP contribution in [0, 0.1) is 0 Å². The van der Waals surface area contributed by atoms with E-state index in [-0.39, 0.29) is 18.1 Å². The molecule has 1 heterocycles. The Bertz CT molecular complexity index is 182. The van der Waals surface area contributed by atoms with Crippen LogP contribution in [0.4, 0.5) is 0 Å². The lowest BCUT2D eigenvalue weighted by molar-refractivity contribution is -0.129. The largest absolute Gasteiger partial charge is 0.326 e. The lowest BCUT2D eigenvalue weighted by Gasteiger charge is -2.23. The van der Waals surface area contributed by atoms with Crippen LogP contribution in [-0.4, -0.2) is 29.6 Å². The van der Waals surface area contributed by atoms with E-state index in [1.807, 2.05) is 11.8 Å². The molecule has 3 heteroatoms. The van der Waals surface area contributed by atoms with E-state index in [4.69, 9.17) is 0 Å². The van der Waals surface area contributed by atoms with Crippen LogP contribution in [0.2, 0.25) is 0 Å². The van der Waals surface area contributed by atoms with Crippen molar-refractivity contribution in [3.63, 3.8) is 0 Å². The number of nitrogens with zero attached hydrogens (tertiary/aromatic N) is 1. The molecule has 0 bridgehead atoms. The highest BCUT2D eigenvalue weighted by atomic mass is 16.2. The number of carbonyl (C=O) groups excluding carboxylic acids is 1. The Morgan fingerprint density at radius 3 is 2.62 bits per heavy atom. The highest BCUT2D eigenvalue weighted by Gasteiger charge is 2.34. The average Bonchev–Trinajstić information content (AvgIpc) is 2.34. The van der Waals surface area contributed by atoms with E-state index < -0.39 is 0 Å². The van der Waals surface area contributed by atoms with Gasteiger partial charge in [-0.05, 0) is 19.8 Å². The SMILES string of the molecule is CCCC1NC(C)C(=O)N1CCC. The monoisotopic (exact) mass is 184 g/mol. The summed E-state index contributed by atoms with van der Waals surface area (Å²) in [5, 5.41) is 3.32. The van der Waals surface area contributed by atoms with Crippen molar-refractivity contribution in [1.29, 1.82) is 0 Å². The van der Waals surface area contributed by atoms with E-state index in [0.29, 0.717) is 0 Å². The molecule has 0 aromatic heterocycles. The molecule has 1 saturated heterocycles. The van der Waals surface area contributed by atoms with Gasteiger partial charge in [-0.3, -0.25) is 10.1 Å². The smallest absolute Gasteiger partial charge is 0.240 e. The maximum absolute atomic E-state index is 11.6. The van der Waals surface area contributed by atoms with Gasteiger partial charge in [-0.1, -0.05) is 20.3 Å². The molecule has 0 saturated carbocycles. The molecule has 1 amide bonds. The third kappa shape index (κ3) is 2.21. The lowest BCUT2D eigenvalue weighted by Crippen LogP contribution is -2.37. The summed E-state index contributed by atoms with van der Waals surface area (Å²) in [5.41, 5.74) is 0. The van der Waals surface area contributed by atoms with Gasteiger partial charge in [-0.2, -0.15) is 0 Å². The second kappa shape index (κ2) is 4.61. The topological polar surface area (TPSA) is 32.3 Å². The molecule has 3 nitrogen and oxygen atoms in total. The van der Waals surface area contributed by atoms with Crippen LogP contribution in [0.1, 0.15) is 40.0 Å². The van der Waals surface area contributed by atoms with Crippen molar-refractivity contribution >= 4 is 5.91 Å². The molecule has 0 radical (unpaired) electrons. The Labute approximate surface area is 80.5 Å². The molecule has 0 spiro atoms. The van der Waals surface area contributed by atoms with Gasteiger partial charge in [0.05, 0.1) is 12.2 Å². The number of nitrogens with one attached hydrogen (secondary N) is 1. The second-order valence-electron chi connectivity index (χ2n) is 3.72. The van der Waals surface area contributed by atoms with Crippen molar-refractivity contribution in [2.75, 3.05) is 6.54 Å². The standard InChI is InChI=1S/C10H20N2O/c1-4-6-9-11-8(3)10(13)12(9)7-5-2/h8-9,11H,4-7H2,1-3H3. The van der Waals surface area contributed by atoms with Gasteiger partial charge in [0.1, 0.15) is 0 Å². The van der Waals surface area contributed by atoms with Gasteiger partial charge in [0.15, 0.2) is 0 Å². The Morgan fingerprint density at radius 1 is 1.38 bits per heavy atom. The molecule has 1 rings (SSSR count). The van der Waals surface area contributed by atoms with Gasteiger partial charge in [-0.15, -0.1) is 0 Å². The zero-order valence-electron chi connectivity index (χ0n) is 8.84. The second-order valence-corrected chi connectivity index (χ2v) is 3.72. The predicted octanol–water partition coefficient (Wildman–Crippen LogP) is 1.34. The minimum atomic E-state index is 0.0168. The summed E-state index contributed by atoms with van der Waals surface area (Å²) < 4.78 is 0. The summed E-state index contributed by atoms with van der Waals surface area (Å²) in [5.74, 6) is 0.264. The third-order valence-electron chi connectivity index (χ3n) is 2.50. The molecule has 1 N–H and O–H groups in total. The Morgan fingerprint density at radius 2 is 2.08 bits per heavy atom. The van der Waals surface area contributed by atoms with Crippen molar-refractivity contribution in [2.24, 2.45) is 0 Å². The number of amides is 1. The van der Waals surface area contributed by atoms with E-state index in [9.17, 15) is 4.79 Å². The third-order valence-corrected chi connectivity index (χ3v) is 2.50. The highest BCUT2D eigenvalue weighted by Crippen LogP contribution is 2.14. The quantitative estimate of drug-likeness (QED) is 0.715. The first kappa shape index (κ1) is 10.5. The minimum Gasteiger partial charge on any atom is -0.326 e. The average molecular weight is 184 g/mol. The van der Waals surface area contributed by atoms with Gasteiger partial charge >= 0.3 is 0 Å². The summed E-state index contributed by atoms with van der Waals surface area (Å²) in [6.45, 7) is 7.10. The van der Waals surface area contributed by atoms with Crippen molar-refractivity contribution < 1.29 is 4.79 Å². The maximum Gasteiger partial charge on any atom is 0.240 e. The fraction of sp³-hybridized carbons (Fsp3) is 0.900. The van der Waals surface area contributed by atoms with Crippen LogP contribution in [0.3, 0.4) is 0 Å². The molecular weight excluding hydrogens is 164 g/mol. The van der Waals surface area contributed by atoms with Crippen LogP contribution < -0.4 is 5.32 Å². The van der Waals surface area contributed by atoms with Crippen LogP contribution in [-0.2, 0) is 4.79 Å². The summed E-state index contributed by atoms with van der Waals surface area (Å²) in [6.07, 6.45) is 3.52. The molecule has 0 aromatic carbocycles. The highest BCUT2D eigenvalue weighted by molar-refractivity contribution is 5.83. The van der Waals surface area contributed by atoms with Crippen molar-refractivity contribution in [3.8, 4) is 0 Å². The Hall–Kier alpha value is -0.570. The summed E-state index contributed by atoms with van der Waals surface area (Å²) in [4.78, 5) is 13.6. The fourth-order valence-electron chi connectivity index (χ4n) is 1.87. The lowest BCUT2D eigenvalue weighted by atomic mass is 10.2. The predicted molar refractivity (Wildman–Crippen MR) is 53.3 cm³/mol. The van der Waals surface area contributed by atoms with E-state index in [1.54, 1.807) is 0 Å². The molecule has 1 aliphatic rings. The summed E-state index contributed by atoms with van der Waals surface area (Å²) >= 11 is 0. The normalized spacial score (nSPS) is 28.5. The van der Waals surface area contributed by atoms with Crippen molar-refractivity contribution in [2.45, 2.75) is 52.2 Å². The molecule has 76 valence electrons. The molecule has 0 aliphatic carbocycles. The van der Waals surface area contributed by atoms with Gasteiger partial charge in [0.2, 0.25) is 5.91 Å². The first-order valence-electron chi connectivity index (χ1n) is 5.27. The first-order valence-corrected chi connectivity index (χ1v) is 5.27. The zero-order valence-corrected chi connectivity index (χ0v) is 8.84. The molecule has 0 aromatic rings. The van der Waals surface area contributed by atoms with Gasteiger partial charge in [-0.25, -0.2) is 0 Å². The van der Waals surface area contributed by atoms with Gasteiger partial charge in [0, 0.05) is 6.54 Å². The van der Waals surface area contributed by atoms with Crippen molar-refractivity contribution in [1.82, 2.24) is 10.2 Å². The van der Waals surface area contributed by atoms with Gasteiger partial charge in [0.25, 0.3) is 0 Å². The minimum absolute atomic E-state index is 0.0168. The molecule has 1 aliphatic heterocycles. The molecular formula is C10H20N2O. The zero-order chi connectivity index (χ0) is 9.84. The molecule has 2 unspecified atom stereocenters. The van der Waals surface area contributed by atoms with Crippen LogP contribution >= 0.6 is 0 Å². The van der Waals surface area contributed by atoms with E-state index in [0.717, 1.165) is 25.8 Å². The molecule has 1 fully saturated rings. The first-order chi connectivity index (χ1) is 6.20. The summed E-state index contributed by atoms with van der Waals surface area (Å²) in [6, 6.07) is 0.0168. The number of hydrogen-bond acceptors (Lipinski definition) is 2. The maximum atomic E-state index is 11.6. The summed E-state index contributed by atoms with van der Waals surface area (Å²) in [7, 11) is 0. The Kier molecular flexibility index (Phi) is 3.72. The van der Waals surface area contributed by atoms with E-state index in [1.165, 1.54) is 0 Å². The number of carbonyl (C=O) groups is 1. The Balaban J connectivity index is 2.57. The van der Waals surface area contributed by atoms with E-state index >= 15 is 0 Å². The molecule has 13 heavy (non-hydrogen) atoms. The van der Waals surface area contributed by atoms with Gasteiger partial charge < -0.3 is 4.90 Å². The van der Waals surface area contributed by atoms with Crippen LogP contribution in [0.15, 0.2) is 0 Å². The number of hydrogen-bond donors (Lipinski definition) is 1. The fourth-order valence-corrected chi connectivity index (χ4v) is 1.87. The van der Waals surface area contributed by atoms with Crippen molar-refractivity contribution in [3.05, 3.63) is 0 Å². The molecule has 2 atom stereocenters. The number of rotatable bonds is 4. The van der Waals surface area contributed by atoms with Crippen LogP contribution in [0.25, 0.3) is 0 Å². The van der Waals surface area contributed by atoms with Crippen LogP contribution in [0.5, 0.6) is 0 Å².